The number of hydrogen-bond donors (Lipinski definition) is 0. The van der Waals surface area contributed by atoms with Crippen LogP contribution < -0.4 is 25.4 Å². The topological polar surface area (TPSA) is 122 Å². The first-order valence-corrected chi connectivity index (χ1v) is 15.0. The lowest BCUT2D eigenvalue weighted by Crippen LogP contribution is -2.24. The van der Waals surface area contributed by atoms with Gasteiger partial charge in [-0.1, -0.05) is 30.3 Å². The fourth-order valence-corrected chi connectivity index (χ4v) is 7.69. The molecule has 0 atom stereocenters. The van der Waals surface area contributed by atoms with Gasteiger partial charge < -0.3 is 23.5 Å². The summed E-state index contributed by atoms with van der Waals surface area (Å²) in [6.07, 6.45) is 0. The molecule has 0 bridgehead atoms. The molecule has 7 rings (SSSR count). The molecule has 2 aliphatic rings. The van der Waals surface area contributed by atoms with E-state index in [4.69, 9.17) is 9.47 Å². The fourth-order valence-electron chi connectivity index (χ4n) is 5.06. The van der Waals surface area contributed by atoms with Crippen LogP contribution in [0.5, 0.6) is 23.0 Å². The molecule has 5 aromatic carbocycles. The lowest BCUT2D eigenvalue weighted by molar-refractivity contribution is 0.0425. The van der Waals surface area contributed by atoms with Gasteiger partial charge in [0.05, 0.1) is 22.3 Å². The minimum Gasteiger partial charge on any atom is -0.457 e. The van der Waals surface area contributed by atoms with E-state index in [1.165, 1.54) is 24.3 Å². The lowest BCUT2D eigenvalue weighted by Gasteiger charge is -2.20. The van der Waals surface area contributed by atoms with E-state index >= 15 is 0 Å². The molecule has 0 spiro atoms. The van der Waals surface area contributed by atoms with Gasteiger partial charge in [-0.2, -0.15) is 0 Å². The number of rotatable bonds is 7. The molecular weight excluding hydrogens is 583 g/mol. The Balaban J connectivity index is 1.16. The quantitative estimate of drug-likeness (QED) is 0.134. The molecule has 2 aliphatic heterocycles. The molecule has 10 heteroatoms. The highest BCUT2D eigenvalue weighted by atomic mass is 31.2. The number of ether oxygens (including phenoxy) is 4. The van der Waals surface area contributed by atoms with Crippen LogP contribution in [0.15, 0.2) is 115 Å². The van der Waals surface area contributed by atoms with Crippen molar-refractivity contribution in [1.29, 1.82) is 0 Å². The normalized spacial score (nSPS) is 13.6. The van der Waals surface area contributed by atoms with Crippen LogP contribution in [0, 0.1) is 0 Å². The lowest BCUT2D eigenvalue weighted by atomic mass is 10.1. The van der Waals surface area contributed by atoms with Gasteiger partial charge in [0.1, 0.15) is 23.0 Å². The van der Waals surface area contributed by atoms with Gasteiger partial charge in [-0.3, -0.25) is 0 Å². The summed E-state index contributed by atoms with van der Waals surface area (Å²) in [5, 5.41) is 1.76. The predicted octanol–water partition coefficient (Wildman–Crippen LogP) is 5.53. The van der Waals surface area contributed by atoms with Gasteiger partial charge in [0, 0.05) is 15.9 Å². The first kappa shape index (κ1) is 27.1. The molecular formula is C34H19O9P. The Morgan fingerprint density at radius 3 is 1.20 bits per heavy atom. The van der Waals surface area contributed by atoms with Crippen LogP contribution in [0.25, 0.3) is 0 Å². The zero-order valence-electron chi connectivity index (χ0n) is 22.6. The van der Waals surface area contributed by atoms with Gasteiger partial charge in [-0.25, -0.2) is 19.2 Å². The number of cyclic esters (lactones) is 4. The Bertz CT molecular complexity index is 1920. The van der Waals surface area contributed by atoms with Crippen molar-refractivity contribution in [2.24, 2.45) is 0 Å². The summed E-state index contributed by atoms with van der Waals surface area (Å²) in [5.74, 6) is -1.26. The average Bonchev–Trinajstić information content (AvgIpc) is 3.49. The van der Waals surface area contributed by atoms with Crippen molar-refractivity contribution in [2.75, 3.05) is 0 Å². The second kappa shape index (κ2) is 10.5. The van der Waals surface area contributed by atoms with E-state index in [0.29, 0.717) is 38.9 Å². The molecule has 2 heterocycles. The molecule has 214 valence electrons. The summed E-state index contributed by atoms with van der Waals surface area (Å²) in [6.45, 7) is 0. The number of carbonyl (C=O) groups is 4. The third kappa shape index (κ3) is 4.65. The van der Waals surface area contributed by atoms with E-state index in [1.807, 2.05) is 30.3 Å². The van der Waals surface area contributed by atoms with E-state index in [9.17, 15) is 23.7 Å². The van der Waals surface area contributed by atoms with Crippen molar-refractivity contribution >= 4 is 46.9 Å². The monoisotopic (exact) mass is 602 g/mol. The van der Waals surface area contributed by atoms with Crippen molar-refractivity contribution in [3.8, 4) is 23.0 Å². The van der Waals surface area contributed by atoms with Crippen LogP contribution in [-0.2, 0) is 14.0 Å². The number of hydrogen-bond acceptors (Lipinski definition) is 9. The van der Waals surface area contributed by atoms with Crippen LogP contribution in [0.3, 0.4) is 0 Å². The Hall–Kier alpha value is -5.79. The van der Waals surface area contributed by atoms with Crippen LogP contribution in [0.1, 0.15) is 41.4 Å². The standard InChI is InChI=1S/C34H19O9P/c35-31-27-16-10-22(18-29(27)33(37)42-31)40-20-6-12-25(13-7-20)44(39,24-4-2-1-3-5-24)26-14-8-21(9-15-26)41-23-11-17-28-30(19-23)34(38)43-32(28)36/h1-19H. The first-order valence-electron chi connectivity index (χ1n) is 13.3. The number of benzene rings is 5. The third-order valence-electron chi connectivity index (χ3n) is 7.22. The van der Waals surface area contributed by atoms with Gasteiger partial charge in [0.25, 0.3) is 0 Å². The number of esters is 4. The van der Waals surface area contributed by atoms with Crippen molar-refractivity contribution in [1.82, 2.24) is 0 Å². The summed E-state index contributed by atoms with van der Waals surface area (Å²) in [5.41, 5.74) is 0.649. The fraction of sp³-hybridized carbons (Fsp3) is 0. The molecule has 0 amide bonds. The van der Waals surface area contributed by atoms with Crippen LogP contribution in [0.4, 0.5) is 0 Å². The Morgan fingerprint density at radius 1 is 0.409 bits per heavy atom. The SMILES string of the molecule is O=C1OC(=O)c2cc(Oc3ccc(P(=O)(c4ccccc4)c4ccc(Oc5ccc6c(c5)C(=O)OC6=O)cc4)cc3)ccc21. The van der Waals surface area contributed by atoms with Gasteiger partial charge in [-0.05, 0) is 84.9 Å². The van der Waals surface area contributed by atoms with Gasteiger partial charge in [-0.15, -0.1) is 0 Å². The third-order valence-corrected chi connectivity index (χ3v) is 10.3. The van der Waals surface area contributed by atoms with E-state index in [0.717, 1.165) is 0 Å². The zero-order chi connectivity index (χ0) is 30.4. The van der Waals surface area contributed by atoms with Crippen molar-refractivity contribution in [3.63, 3.8) is 0 Å². The highest BCUT2D eigenvalue weighted by Gasteiger charge is 2.32. The highest BCUT2D eigenvalue weighted by Crippen LogP contribution is 2.43. The number of fused-ring (bicyclic) bond motifs is 2. The van der Waals surface area contributed by atoms with Gasteiger partial charge in [0.2, 0.25) is 0 Å². The molecule has 0 saturated heterocycles. The minimum absolute atomic E-state index is 0.138. The van der Waals surface area contributed by atoms with Crippen molar-refractivity contribution in [3.05, 3.63) is 138 Å². The first-order chi connectivity index (χ1) is 21.3. The van der Waals surface area contributed by atoms with Crippen LogP contribution in [-0.4, -0.2) is 23.9 Å². The second-order valence-electron chi connectivity index (χ2n) is 9.91. The molecule has 0 fully saturated rings. The summed E-state index contributed by atoms with van der Waals surface area (Å²) in [6, 6.07) is 31.7. The Kier molecular flexibility index (Phi) is 6.45. The molecule has 9 nitrogen and oxygen atoms in total. The molecule has 0 aromatic heterocycles. The Morgan fingerprint density at radius 2 is 0.773 bits per heavy atom. The predicted molar refractivity (Wildman–Crippen MR) is 158 cm³/mol. The average molecular weight is 602 g/mol. The molecule has 0 unspecified atom stereocenters. The molecule has 5 aromatic rings. The molecule has 0 radical (unpaired) electrons. The van der Waals surface area contributed by atoms with Crippen molar-refractivity contribution in [2.45, 2.75) is 0 Å². The molecule has 44 heavy (non-hydrogen) atoms. The maximum absolute atomic E-state index is 14.9. The summed E-state index contributed by atoms with van der Waals surface area (Å²) >= 11 is 0. The van der Waals surface area contributed by atoms with Crippen molar-refractivity contribution < 1.29 is 42.7 Å². The maximum Gasteiger partial charge on any atom is 0.347 e. The molecule has 0 saturated carbocycles. The number of carbonyl (C=O) groups excluding carboxylic acids is 4. The summed E-state index contributed by atoms with van der Waals surface area (Å²) in [7, 11) is -3.34. The summed E-state index contributed by atoms with van der Waals surface area (Å²) < 4.78 is 36.0. The van der Waals surface area contributed by atoms with E-state index in [1.54, 1.807) is 60.7 Å². The van der Waals surface area contributed by atoms with Crippen LogP contribution >= 0.6 is 7.14 Å². The minimum atomic E-state index is -3.34. The van der Waals surface area contributed by atoms with E-state index in [2.05, 4.69) is 9.47 Å². The molecule has 0 aliphatic carbocycles. The van der Waals surface area contributed by atoms with Gasteiger partial charge in [0.15, 0.2) is 7.14 Å². The molecule has 0 N–H and O–H groups in total. The van der Waals surface area contributed by atoms with E-state index < -0.39 is 31.0 Å². The smallest absolute Gasteiger partial charge is 0.347 e. The van der Waals surface area contributed by atoms with E-state index in [-0.39, 0.29) is 22.3 Å². The van der Waals surface area contributed by atoms with Gasteiger partial charge >= 0.3 is 23.9 Å². The Labute approximate surface area is 249 Å². The maximum atomic E-state index is 14.9. The second-order valence-corrected chi connectivity index (χ2v) is 12.7. The van der Waals surface area contributed by atoms with Crippen LogP contribution in [0.2, 0.25) is 0 Å². The highest BCUT2D eigenvalue weighted by molar-refractivity contribution is 7.85. The summed E-state index contributed by atoms with van der Waals surface area (Å²) in [4.78, 5) is 47.3. The zero-order valence-corrected chi connectivity index (χ0v) is 23.5. The largest absolute Gasteiger partial charge is 0.457 e.